The Labute approximate surface area is 121 Å². The summed E-state index contributed by atoms with van der Waals surface area (Å²) in [6, 6.07) is 12.3. The van der Waals surface area contributed by atoms with Crippen molar-refractivity contribution in [3.8, 4) is 11.8 Å². The van der Waals surface area contributed by atoms with Gasteiger partial charge in [0.15, 0.2) is 0 Å². The average molecular weight is 282 g/mol. The summed E-state index contributed by atoms with van der Waals surface area (Å²) in [5, 5.41) is 14.3. The molecule has 0 aliphatic carbocycles. The minimum absolute atomic E-state index is 0.116. The van der Waals surface area contributed by atoms with Crippen molar-refractivity contribution in [1.29, 1.82) is 0 Å². The van der Waals surface area contributed by atoms with Crippen LogP contribution in [0.4, 0.5) is 0 Å². The maximum absolute atomic E-state index is 8.71. The quantitative estimate of drug-likeness (QED) is 0.750. The van der Waals surface area contributed by atoms with Gasteiger partial charge in [-0.25, -0.2) is 0 Å². The third kappa shape index (κ3) is 2.74. The summed E-state index contributed by atoms with van der Waals surface area (Å²) >= 11 is 1.67. The number of thiophene rings is 1. The molecule has 1 aromatic carbocycles. The van der Waals surface area contributed by atoms with Crippen LogP contribution in [-0.2, 0) is 6.54 Å². The van der Waals surface area contributed by atoms with E-state index in [4.69, 9.17) is 5.11 Å². The van der Waals surface area contributed by atoms with Gasteiger partial charge in [-0.15, -0.1) is 11.3 Å². The Morgan fingerprint density at radius 2 is 2.10 bits per heavy atom. The van der Waals surface area contributed by atoms with Crippen molar-refractivity contribution < 1.29 is 5.11 Å². The van der Waals surface area contributed by atoms with Gasteiger partial charge in [0, 0.05) is 16.7 Å². The lowest BCUT2D eigenvalue weighted by Gasteiger charge is -2.00. The van der Waals surface area contributed by atoms with E-state index in [1.807, 2.05) is 29.1 Å². The van der Waals surface area contributed by atoms with Crippen LogP contribution in [0.25, 0.3) is 10.9 Å². The van der Waals surface area contributed by atoms with Crippen LogP contribution < -0.4 is 0 Å². The molecule has 1 N–H and O–H groups in total. The Balaban J connectivity index is 1.80. The zero-order valence-electron chi connectivity index (χ0n) is 10.9. The third-order valence-electron chi connectivity index (χ3n) is 2.97. The monoisotopic (exact) mass is 282 g/mol. The molecule has 0 spiro atoms. The minimum Gasteiger partial charge on any atom is -0.395 e. The molecule has 2 aromatic heterocycles. The normalized spacial score (nSPS) is 10.4. The third-order valence-corrected chi connectivity index (χ3v) is 3.95. The van der Waals surface area contributed by atoms with Crippen molar-refractivity contribution >= 4 is 22.2 Å². The number of aromatic nitrogens is 2. The molecule has 0 saturated heterocycles. The van der Waals surface area contributed by atoms with Gasteiger partial charge >= 0.3 is 0 Å². The lowest BCUT2D eigenvalue weighted by Crippen LogP contribution is -1.98. The molecule has 4 heteroatoms. The van der Waals surface area contributed by atoms with Gasteiger partial charge in [0.25, 0.3) is 0 Å². The number of hydrogen-bond donors (Lipinski definition) is 1. The number of hydrogen-bond acceptors (Lipinski definition) is 3. The summed E-state index contributed by atoms with van der Waals surface area (Å²) in [7, 11) is 0. The number of fused-ring (bicyclic) bond motifs is 1. The van der Waals surface area contributed by atoms with Crippen molar-refractivity contribution in [3.05, 3.63) is 52.3 Å². The van der Waals surface area contributed by atoms with E-state index < -0.39 is 0 Å². The fraction of sp³-hybridized carbons (Fsp3) is 0.188. The van der Waals surface area contributed by atoms with Crippen LogP contribution in [0.3, 0.4) is 0 Å². The molecule has 3 aromatic rings. The summed E-state index contributed by atoms with van der Waals surface area (Å²) in [5.41, 5.74) is 1.15. The molecule has 0 atom stereocenters. The van der Waals surface area contributed by atoms with Crippen molar-refractivity contribution in [2.75, 3.05) is 6.61 Å². The van der Waals surface area contributed by atoms with E-state index in [0.717, 1.165) is 22.3 Å². The maximum Gasteiger partial charge on any atom is 0.0772 e. The Morgan fingerprint density at radius 1 is 1.20 bits per heavy atom. The predicted octanol–water partition coefficient (Wildman–Crippen LogP) is 2.88. The summed E-state index contributed by atoms with van der Waals surface area (Å²) < 4.78 is 2.01. The summed E-state index contributed by atoms with van der Waals surface area (Å²) in [6.45, 7) is 0.879. The van der Waals surface area contributed by atoms with Crippen LogP contribution in [0.15, 0.2) is 42.6 Å². The molecule has 0 amide bonds. The van der Waals surface area contributed by atoms with E-state index >= 15 is 0 Å². The summed E-state index contributed by atoms with van der Waals surface area (Å²) in [5.74, 6) is 6.00. The number of benzene rings is 1. The van der Waals surface area contributed by atoms with E-state index in [1.54, 1.807) is 11.3 Å². The summed E-state index contributed by atoms with van der Waals surface area (Å²) in [6.07, 6.45) is 2.42. The zero-order valence-corrected chi connectivity index (χ0v) is 11.7. The maximum atomic E-state index is 8.71. The fourth-order valence-electron chi connectivity index (χ4n) is 2.04. The molecule has 100 valence electrons. The second-order valence-electron chi connectivity index (χ2n) is 4.40. The fourth-order valence-corrected chi connectivity index (χ4v) is 2.90. The molecule has 2 heterocycles. The van der Waals surface area contributed by atoms with E-state index in [0.29, 0.717) is 6.42 Å². The molecule has 3 nitrogen and oxygen atoms in total. The molecule has 0 saturated carbocycles. The van der Waals surface area contributed by atoms with Crippen molar-refractivity contribution in [2.45, 2.75) is 13.0 Å². The standard InChI is InChI=1S/C16H14N2OS/c19-10-4-3-6-14-8-9-15(20-14)12-18-16-7-2-1-5-13(16)11-17-18/h1-2,5,7-9,11,19H,4,10,12H2. The van der Waals surface area contributed by atoms with E-state index in [1.165, 1.54) is 4.88 Å². The largest absolute Gasteiger partial charge is 0.395 e. The first kappa shape index (κ1) is 12.9. The van der Waals surface area contributed by atoms with E-state index in [9.17, 15) is 0 Å². The Bertz CT molecular complexity index is 776. The van der Waals surface area contributed by atoms with Crippen LogP contribution >= 0.6 is 11.3 Å². The van der Waals surface area contributed by atoms with Gasteiger partial charge in [-0.1, -0.05) is 30.0 Å². The zero-order chi connectivity index (χ0) is 13.8. The molecule has 3 rings (SSSR count). The highest BCUT2D eigenvalue weighted by molar-refractivity contribution is 7.12. The van der Waals surface area contributed by atoms with E-state index in [2.05, 4.69) is 35.1 Å². The average Bonchev–Trinajstić information content (AvgIpc) is 3.08. The highest BCUT2D eigenvalue weighted by Crippen LogP contribution is 2.19. The summed E-state index contributed by atoms with van der Waals surface area (Å²) in [4.78, 5) is 2.26. The van der Waals surface area contributed by atoms with Gasteiger partial charge in [0.05, 0.1) is 29.7 Å². The van der Waals surface area contributed by atoms with Crippen molar-refractivity contribution in [3.63, 3.8) is 0 Å². The second-order valence-corrected chi connectivity index (χ2v) is 5.57. The molecule has 0 bridgehead atoms. The van der Waals surface area contributed by atoms with Gasteiger partial charge in [-0.3, -0.25) is 4.68 Å². The molecular formula is C16H14N2OS. The van der Waals surface area contributed by atoms with Gasteiger partial charge in [0.1, 0.15) is 0 Å². The number of aliphatic hydroxyl groups is 1. The predicted molar refractivity (Wildman–Crippen MR) is 81.7 cm³/mol. The number of nitrogens with zero attached hydrogens (tertiary/aromatic N) is 2. The smallest absolute Gasteiger partial charge is 0.0772 e. The molecule has 0 fully saturated rings. The van der Waals surface area contributed by atoms with Crippen LogP contribution in [0.5, 0.6) is 0 Å². The SMILES string of the molecule is OCCC#Cc1ccc(Cn2ncc3ccccc32)s1. The van der Waals surface area contributed by atoms with Crippen LogP contribution in [0, 0.1) is 11.8 Å². The van der Waals surface area contributed by atoms with Gasteiger partial charge in [0.2, 0.25) is 0 Å². The first-order valence-corrected chi connectivity index (χ1v) is 7.27. The Kier molecular flexibility index (Phi) is 3.82. The number of rotatable bonds is 3. The molecule has 0 aliphatic heterocycles. The first-order valence-electron chi connectivity index (χ1n) is 6.46. The van der Waals surface area contributed by atoms with Gasteiger partial charge in [-0.2, -0.15) is 5.10 Å². The lowest BCUT2D eigenvalue weighted by atomic mass is 10.2. The Hall–Kier alpha value is -2.09. The first-order chi connectivity index (χ1) is 9.86. The molecule has 0 aliphatic rings. The van der Waals surface area contributed by atoms with Gasteiger partial charge in [-0.05, 0) is 18.2 Å². The minimum atomic E-state index is 0.116. The molecular weight excluding hydrogens is 268 g/mol. The van der Waals surface area contributed by atoms with Crippen LogP contribution in [0.1, 0.15) is 16.2 Å². The Morgan fingerprint density at radius 3 is 3.00 bits per heavy atom. The molecule has 20 heavy (non-hydrogen) atoms. The lowest BCUT2D eigenvalue weighted by molar-refractivity contribution is 0.305. The van der Waals surface area contributed by atoms with Crippen molar-refractivity contribution in [2.24, 2.45) is 0 Å². The van der Waals surface area contributed by atoms with Crippen LogP contribution in [0.2, 0.25) is 0 Å². The second kappa shape index (κ2) is 5.91. The number of aliphatic hydroxyl groups excluding tert-OH is 1. The molecule has 0 radical (unpaired) electrons. The van der Waals surface area contributed by atoms with Crippen molar-refractivity contribution in [1.82, 2.24) is 9.78 Å². The topological polar surface area (TPSA) is 38.0 Å². The number of para-hydroxylation sites is 1. The van der Waals surface area contributed by atoms with Gasteiger partial charge < -0.3 is 5.11 Å². The highest BCUT2D eigenvalue weighted by atomic mass is 32.1. The van der Waals surface area contributed by atoms with E-state index in [-0.39, 0.29) is 6.61 Å². The highest BCUT2D eigenvalue weighted by Gasteiger charge is 2.04. The molecule has 0 unspecified atom stereocenters. The van der Waals surface area contributed by atoms with Crippen LogP contribution in [-0.4, -0.2) is 21.5 Å².